The molecule has 0 aliphatic rings. The second-order valence-corrected chi connectivity index (χ2v) is 7.45. The van der Waals surface area contributed by atoms with Crippen molar-refractivity contribution in [3.05, 3.63) is 88.5 Å². The molecule has 0 aliphatic carbocycles. The summed E-state index contributed by atoms with van der Waals surface area (Å²) >= 11 is 0. The minimum Gasteiger partial charge on any atom is -0.326 e. The van der Waals surface area contributed by atoms with Crippen LogP contribution >= 0.6 is 0 Å². The summed E-state index contributed by atoms with van der Waals surface area (Å²) in [6.07, 6.45) is 3.53. The maximum atomic E-state index is 13.5. The average molecular weight is 441 g/mol. The van der Waals surface area contributed by atoms with E-state index in [1.807, 2.05) is 6.92 Å². The zero-order valence-electron chi connectivity index (χ0n) is 16.9. The number of rotatable bonds is 6. The molecule has 0 bridgehead atoms. The Bertz CT molecular complexity index is 1370. The second kappa shape index (κ2) is 8.66. The summed E-state index contributed by atoms with van der Waals surface area (Å²) in [6, 6.07) is 8.75. The lowest BCUT2D eigenvalue weighted by molar-refractivity contribution is -0.116. The van der Waals surface area contributed by atoms with E-state index in [2.05, 4.69) is 15.5 Å². The Hall–Kier alpha value is -3.95. The van der Waals surface area contributed by atoms with Gasteiger partial charge in [-0.25, -0.2) is 13.2 Å². The predicted molar refractivity (Wildman–Crippen MR) is 111 cm³/mol. The molecule has 0 saturated carbocycles. The number of hydrogen-bond donors (Lipinski definition) is 1. The summed E-state index contributed by atoms with van der Waals surface area (Å²) in [6.45, 7) is 1.82. The third-order valence-electron chi connectivity index (χ3n) is 4.90. The van der Waals surface area contributed by atoms with Crippen LogP contribution in [0.4, 0.5) is 18.9 Å². The van der Waals surface area contributed by atoms with Gasteiger partial charge in [0.25, 0.3) is 0 Å². The van der Waals surface area contributed by atoms with Gasteiger partial charge in [0.2, 0.25) is 11.6 Å². The van der Waals surface area contributed by atoms with Crippen LogP contribution in [0.1, 0.15) is 19.2 Å². The maximum absolute atomic E-state index is 13.5. The van der Waals surface area contributed by atoms with E-state index in [0.717, 1.165) is 12.1 Å². The van der Waals surface area contributed by atoms with Crippen LogP contribution in [-0.4, -0.2) is 25.1 Å². The third-order valence-corrected chi connectivity index (χ3v) is 4.90. The molecule has 2 aromatic heterocycles. The van der Waals surface area contributed by atoms with Crippen molar-refractivity contribution in [1.29, 1.82) is 0 Å². The van der Waals surface area contributed by atoms with Gasteiger partial charge in [-0.2, -0.15) is 0 Å². The minimum atomic E-state index is -1.05. The van der Waals surface area contributed by atoms with E-state index in [-0.39, 0.29) is 29.6 Å². The topological polar surface area (TPSA) is 81.3 Å². The van der Waals surface area contributed by atoms with Crippen LogP contribution < -0.4 is 10.9 Å². The molecule has 0 aliphatic heterocycles. The molecular formula is C22H18F3N5O2. The first-order valence-electron chi connectivity index (χ1n) is 9.78. The van der Waals surface area contributed by atoms with Crippen molar-refractivity contribution < 1.29 is 18.0 Å². The first-order valence-corrected chi connectivity index (χ1v) is 9.78. The van der Waals surface area contributed by atoms with Gasteiger partial charge in [-0.1, -0.05) is 13.0 Å². The van der Waals surface area contributed by atoms with E-state index in [1.54, 1.807) is 12.3 Å². The second-order valence-electron chi connectivity index (χ2n) is 7.45. The lowest BCUT2D eigenvalue weighted by Crippen LogP contribution is -2.21. The van der Waals surface area contributed by atoms with Crippen molar-refractivity contribution in [3.63, 3.8) is 0 Å². The summed E-state index contributed by atoms with van der Waals surface area (Å²) in [5, 5.41) is 10.5. The molecule has 2 aromatic carbocycles. The Morgan fingerprint density at radius 1 is 1.06 bits per heavy atom. The molecule has 0 radical (unpaired) electrons. The van der Waals surface area contributed by atoms with Crippen LogP contribution in [0, 0.1) is 23.4 Å². The van der Waals surface area contributed by atoms with E-state index in [1.165, 1.54) is 39.4 Å². The Morgan fingerprint density at radius 3 is 2.62 bits per heavy atom. The van der Waals surface area contributed by atoms with Crippen LogP contribution in [0.15, 0.2) is 59.7 Å². The highest BCUT2D eigenvalue weighted by Gasteiger charge is 2.17. The smallest absolute Gasteiger partial charge is 0.300 e. The number of anilines is 1. The van der Waals surface area contributed by atoms with Crippen LogP contribution in [-0.2, 0) is 11.2 Å². The maximum Gasteiger partial charge on any atom is 0.300 e. The molecule has 1 atom stereocenters. The zero-order chi connectivity index (χ0) is 22.8. The van der Waals surface area contributed by atoms with Gasteiger partial charge in [0.05, 0.1) is 5.69 Å². The van der Waals surface area contributed by atoms with Gasteiger partial charge in [-0.3, -0.25) is 18.6 Å². The summed E-state index contributed by atoms with van der Waals surface area (Å²) in [4.78, 5) is 25.0. The van der Waals surface area contributed by atoms with Gasteiger partial charge >= 0.3 is 5.56 Å². The van der Waals surface area contributed by atoms with Crippen molar-refractivity contribution in [2.75, 3.05) is 5.32 Å². The van der Waals surface area contributed by atoms with Crippen molar-refractivity contribution in [2.24, 2.45) is 5.92 Å². The van der Waals surface area contributed by atoms with Gasteiger partial charge in [-0.15, -0.1) is 10.2 Å². The number of nitrogens with zero attached hydrogens (tertiary/aromatic N) is 4. The highest BCUT2D eigenvalue weighted by Crippen LogP contribution is 2.16. The first kappa shape index (κ1) is 21.3. The van der Waals surface area contributed by atoms with Crippen LogP contribution in [0.3, 0.4) is 0 Å². The van der Waals surface area contributed by atoms with Crippen LogP contribution in [0.5, 0.6) is 0 Å². The molecule has 0 spiro atoms. The molecule has 4 aromatic rings. The normalized spacial score (nSPS) is 12.1. The SMILES string of the molecule is CC(CC(=O)Nc1ccc(F)c(F)c1)Cc1nnc2c(=O)n(-c3cccc(F)c3)ccn12. The summed E-state index contributed by atoms with van der Waals surface area (Å²) in [5.74, 6) is -2.58. The van der Waals surface area contributed by atoms with E-state index < -0.39 is 23.0 Å². The molecule has 1 N–H and O–H groups in total. The Kier molecular flexibility index (Phi) is 5.76. The molecule has 1 amide bonds. The van der Waals surface area contributed by atoms with Gasteiger partial charge in [-0.05, 0) is 36.2 Å². The molecule has 7 nitrogen and oxygen atoms in total. The summed E-state index contributed by atoms with van der Waals surface area (Å²) < 4.78 is 42.6. The van der Waals surface area contributed by atoms with Crippen molar-refractivity contribution >= 4 is 17.2 Å². The van der Waals surface area contributed by atoms with Crippen molar-refractivity contribution in [2.45, 2.75) is 19.8 Å². The monoisotopic (exact) mass is 441 g/mol. The van der Waals surface area contributed by atoms with Gasteiger partial charge in [0.15, 0.2) is 11.6 Å². The fourth-order valence-electron chi connectivity index (χ4n) is 3.39. The number of aromatic nitrogens is 4. The molecule has 10 heteroatoms. The number of carbonyl (C=O) groups is 1. The Balaban J connectivity index is 1.48. The first-order chi connectivity index (χ1) is 15.3. The van der Waals surface area contributed by atoms with Crippen molar-refractivity contribution in [3.8, 4) is 5.69 Å². The number of benzene rings is 2. The standard InChI is InChI=1S/C22H18F3N5O2/c1-13(10-20(31)26-15-5-6-17(24)18(25)12-15)9-19-27-28-21-22(32)29(7-8-30(19)21)16-4-2-3-14(23)11-16/h2-8,11-13H,9-10H2,1H3,(H,26,31). The highest BCUT2D eigenvalue weighted by atomic mass is 19.2. The fraction of sp³-hybridized carbons (Fsp3) is 0.182. The zero-order valence-corrected chi connectivity index (χ0v) is 16.9. The van der Waals surface area contributed by atoms with Crippen molar-refractivity contribution in [1.82, 2.24) is 19.2 Å². The lowest BCUT2D eigenvalue weighted by Gasteiger charge is -2.11. The largest absolute Gasteiger partial charge is 0.326 e. The third kappa shape index (κ3) is 4.39. The number of hydrogen-bond acceptors (Lipinski definition) is 4. The summed E-state index contributed by atoms with van der Waals surface area (Å²) in [7, 11) is 0. The number of halogens is 3. The predicted octanol–water partition coefficient (Wildman–Crippen LogP) is 3.50. The highest BCUT2D eigenvalue weighted by molar-refractivity contribution is 5.90. The van der Waals surface area contributed by atoms with E-state index in [4.69, 9.17) is 0 Å². The molecule has 164 valence electrons. The minimum absolute atomic E-state index is 0.0743. The lowest BCUT2D eigenvalue weighted by atomic mass is 10.0. The van der Waals surface area contributed by atoms with Crippen LogP contribution in [0.2, 0.25) is 0 Å². The van der Waals surface area contributed by atoms with Gasteiger partial charge in [0.1, 0.15) is 11.6 Å². The molecular weight excluding hydrogens is 423 g/mol. The number of carbonyl (C=O) groups excluding carboxylic acids is 1. The number of amides is 1. The molecule has 32 heavy (non-hydrogen) atoms. The fourth-order valence-corrected chi connectivity index (χ4v) is 3.39. The van der Waals surface area contributed by atoms with Crippen LogP contribution in [0.25, 0.3) is 11.3 Å². The van der Waals surface area contributed by atoms with E-state index >= 15 is 0 Å². The molecule has 1 unspecified atom stereocenters. The Labute approximate surface area is 180 Å². The number of fused-ring (bicyclic) bond motifs is 1. The van der Waals surface area contributed by atoms with E-state index in [9.17, 15) is 22.8 Å². The summed E-state index contributed by atoms with van der Waals surface area (Å²) in [5.41, 5.74) is 0.141. The Morgan fingerprint density at radius 2 is 1.88 bits per heavy atom. The average Bonchev–Trinajstić information content (AvgIpc) is 3.14. The van der Waals surface area contributed by atoms with Gasteiger partial charge < -0.3 is 5.32 Å². The number of nitrogens with one attached hydrogen (secondary N) is 1. The molecule has 0 fully saturated rings. The molecule has 2 heterocycles. The quantitative estimate of drug-likeness (QED) is 0.497. The molecule has 0 saturated heterocycles. The molecule has 4 rings (SSSR count). The van der Waals surface area contributed by atoms with E-state index in [0.29, 0.717) is 17.9 Å². The van der Waals surface area contributed by atoms with Gasteiger partial charge in [0, 0.05) is 37.0 Å².